The number of benzene rings is 2. The minimum atomic E-state index is -0.113. The number of nitrogens with zero attached hydrogens (tertiary/aromatic N) is 3. The van der Waals surface area contributed by atoms with E-state index >= 15 is 0 Å². The lowest BCUT2D eigenvalue weighted by atomic mass is 10.1. The van der Waals surface area contributed by atoms with Gasteiger partial charge in [-0.05, 0) is 24.6 Å². The van der Waals surface area contributed by atoms with E-state index < -0.39 is 0 Å². The Bertz CT molecular complexity index is 920. The van der Waals surface area contributed by atoms with E-state index in [4.69, 9.17) is 0 Å². The molecule has 1 N–H and O–H groups in total. The van der Waals surface area contributed by atoms with Crippen molar-refractivity contribution in [1.29, 1.82) is 0 Å². The molecule has 1 saturated heterocycles. The summed E-state index contributed by atoms with van der Waals surface area (Å²) in [5.74, 6) is -0.113. The highest BCUT2D eigenvalue weighted by atomic mass is 32.1. The molecule has 0 spiro atoms. The van der Waals surface area contributed by atoms with E-state index in [0.717, 1.165) is 43.3 Å². The number of thiazole rings is 1. The highest BCUT2D eigenvalue weighted by molar-refractivity contribution is 7.09. The second-order valence-corrected chi connectivity index (χ2v) is 8.27. The van der Waals surface area contributed by atoms with Gasteiger partial charge in [-0.15, -0.1) is 11.3 Å². The van der Waals surface area contributed by atoms with Gasteiger partial charge in [-0.2, -0.15) is 0 Å². The van der Waals surface area contributed by atoms with Crippen molar-refractivity contribution in [2.24, 2.45) is 0 Å². The van der Waals surface area contributed by atoms with E-state index in [0.29, 0.717) is 5.69 Å². The average Bonchev–Trinajstić information content (AvgIpc) is 3.24. The molecule has 5 nitrogen and oxygen atoms in total. The smallest absolute Gasteiger partial charge is 0.271 e. The van der Waals surface area contributed by atoms with Crippen molar-refractivity contribution in [3.8, 4) is 0 Å². The van der Waals surface area contributed by atoms with Gasteiger partial charge in [-0.25, -0.2) is 4.98 Å². The zero-order valence-corrected chi connectivity index (χ0v) is 17.4. The summed E-state index contributed by atoms with van der Waals surface area (Å²) in [6, 6.07) is 20.5. The topological polar surface area (TPSA) is 48.5 Å². The van der Waals surface area contributed by atoms with Gasteiger partial charge < -0.3 is 10.2 Å². The summed E-state index contributed by atoms with van der Waals surface area (Å²) < 4.78 is 0. The van der Waals surface area contributed by atoms with Crippen LogP contribution in [0.15, 0.2) is 66.0 Å². The second-order valence-electron chi connectivity index (χ2n) is 7.33. The molecule has 0 saturated carbocycles. The molecule has 0 bridgehead atoms. The largest absolute Gasteiger partial charge is 0.369 e. The first-order valence-corrected chi connectivity index (χ1v) is 10.9. The minimum Gasteiger partial charge on any atom is -0.369 e. The number of anilines is 1. The van der Waals surface area contributed by atoms with Crippen molar-refractivity contribution < 1.29 is 4.79 Å². The lowest BCUT2D eigenvalue weighted by Crippen LogP contribution is -2.45. The number of rotatable bonds is 6. The van der Waals surface area contributed by atoms with Gasteiger partial charge in [0.2, 0.25) is 0 Å². The lowest BCUT2D eigenvalue weighted by molar-refractivity contribution is 0.0935. The van der Waals surface area contributed by atoms with Gasteiger partial charge in [0.1, 0.15) is 10.7 Å². The maximum atomic E-state index is 12.5. The van der Waals surface area contributed by atoms with Gasteiger partial charge in [0.15, 0.2) is 0 Å². The van der Waals surface area contributed by atoms with Crippen LogP contribution in [-0.2, 0) is 6.54 Å². The Kier molecular flexibility index (Phi) is 6.22. The molecule has 1 atom stereocenters. The first-order valence-electron chi connectivity index (χ1n) is 10.0. The summed E-state index contributed by atoms with van der Waals surface area (Å²) in [5, 5.41) is 5.90. The van der Waals surface area contributed by atoms with Crippen molar-refractivity contribution in [3.63, 3.8) is 0 Å². The van der Waals surface area contributed by atoms with E-state index in [2.05, 4.69) is 50.4 Å². The van der Waals surface area contributed by atoms with Gasteiger partial charge in [0.05, 0.1) is 12.6 Å². The molecule has 0 radical (unpaired) electrons. The van der Waals surface area contributed by atoms with Gasteiger partial charge in [0.25, 0.3) is 5.91 Å². The molecule has 3 aromatic rings. The molecule has 2 heterocycles. The standard InChI is InChI=1S/C23H26N4OS/c1-18(19-8-4-2-5-9-19)24-23(28)21-17-29-22(25-21)16-26-12-14-27(15-13-26)20-10-6-3-7-11-20/h2-11,17-18H,12-16H2,1H3,(H,24,28)/t18-/m0/s1. The third kappa shape index (κ3) is 5.02. The van der Waals surface area contributed by atoms with E-state index in [1.165, 1.54) is 5.69 Å². The molecule has 1 fully saturated rings. The fourth-order valence-electron chi connectivity index (χ4n) is 3.58. The molecule has 4 rings (SSSR count). The Morgan fingerprint density at radius 1 is 1.03 bits per heavy atom. The number of hydrogen-bond acceptors (Lipinski definition) is 5. The molecule has 1 amide bonds. The average molecular weight is 407 g/mol. The number of nitrogens with one attached hydrogen (secondary N) is 1. The van der Waals surface area contributed by atoms with Crippen LogP contribution in [0.3, 0.4) is 0 Å². The Morgan fingerprint density at radius 3 is 2.38 bits per heavy atom. The molecule has 2 aromatic carbocycles. The van der Waals surface area contributed by atoms with Gasteiger partial charge in [0, 0.05) is 37.2 Å². The van der Waals surface area contributed by atoms with Gasteiger partial charge in [-0.1, -0.05) is 48.5 Å². The summed E-state index contributed by atoms with van der Waals surface area (Å²) >= 11 is 1.56. The fraction of sp³-hybridized carbons (Fsp3) is 0.304. The van der Waals surface area contributed by atoms with Crippen LogP contribution in [0.4, 0.5) is 5.69 Å². The predicted octanol–water partition coefficient (Wildman–Crippen LogP) is 3.96. The number of carbonyl (C=O) groups excluding carboxylic acids is 1. The molecule has 6 heteroatoms. The van der Waals surface area contributed by atoms with Crippen LogP contribution in [0.5, 0.6) is 0 Å². The van der Waals surface area contributed by atoms with Crippen molar-refractivity contribution >= 4 is 22.9 Å². The summed E-state index contributed by atoms with van der Waals surface area (Å²) in [5.41, 5.74) is 2.89. The van der Waals surface area contributed by atoms with Crippen molar-refractivity contribution in [1.82, 2.24) is 15.2 Å². The highest BCUT2D eigenvalue weighted by Crippen LogP contribution is 2.19. The Morgan fingerprint density at radius 2 is 1.69 bits per heavy atom. The monoisotopic (exact) mass is 406 g/mol. The van der Waals surface area contributed by atoms with Gasteiger partial charge in [-0.3, -0.25) is 9.69 Å². The number of piperazine rings is 1. The minimum absolute atomic E-state index is 0.0417. The molecule has 0 aliphatic carbocycles. The van der Waals surface area contributed by atoms with E-state index in [1.807, 2.05) is 42.6 Å². The predicted molar refractivity (Wildman–Crippen MR) is 118 cm³/mol. The number of amides is 1. The summed E-state index contributed by atoms with van der Waals surface area (Å²) in [6.45, 7) is 6.82. The molecule has 29 heavy (non-hydrogen) atoms. The number of aromatic nitrogens is 1. The Balaban J connectivity index is 1.29. The molecule has 0 unspecified atom stereocenters. The molecule has 1 aliphatic heterocycles. The van der Waals surface area contributed by atoms with Crippen molar-refractivity contribution in [2.75, 3.05) is 31.1 Å². The Hall–Kier alpha value is -2.70. The van der Waals surface area contributed by atoms with Crippen LogP contribution < -0.4 is 10.2 Å². The molecular formula is C23H26N4OS. The summed E-state index contributed by atoms with van der Waals surface area (Å²) in [6.07, 6.45) is 0. The molecular weight excluding hydrogens is 380 g/mol. The van der Waals surface area contributed by atoms with E-state index in [1.54, 1.807) is 11.3 Å². The maximum Gasteiger partial charge on any atom is 0.271 e. The van der Waals surface area contributed by atoms with Gasteiger partial charge >= 0.3 is 0 Å². The molecule has 1 aliphatic rings. The number of carbonyl (C=O) groups is 1. The number of hydrogen-bond donors (Lipinski definition) is 1. The van der Waals surface area contributed by atoms with E-state index in [-0.39, 0.29) is 11.9 Å². The van der Waals surface area contributed by atoms with Crippen LogP contribution >= 0.6 is 11.3 Å². The number of para-hydroxylation sites is 1. The van der Waals surface area contributed by atoms with Crippen molar-refractivity contribution in [3.05, 3.63) is 82.3 Å². The molecule has 1 aromatic heterocycles. The third-order valence-corrected chi connectivity index (χ3v) is 6.12. The van der Waals surface area contributed by atoms with Crippen LogP contribution in [0.2, 0.25) is 0 Å². The highest BCUT2D eigenvalue weighted by Gasteiger charge is 2.19. The second kappa shape index (κ2) is 9.20. The van der Waals surface area contributed by atoms with Crippen LogP contribution in [0.25, 0.3) is 0 Å². The summed E-state index contributed by atoms with van der Waals surface area (Å²) in [7, 11) is 0. The zero-order chi connectivity index (χ0) is 20.1. The zero-order valence-electron chi connectivity index (χ0n) is 16.6. The maximum absolute atomic E-state index is 12.5. The summed E-state index contributed by atoms with van der Waals surface area (Å²) in [4.78, 5) is 22.0. The first-order chi connectivity index (χ1) is 14.2. The lowest BCUT2D eigenvalue weighted by Gasteiger charge is -2.35. The Labute approximate surface area is 176 Å². The van der Waals surface area contributed by atoms with E-state index in [9.17, 15) is 4.79 Å². The fourth-order valence-corrected chi connectivity index (χ4v) is 4.39. The first kappa shape index (κ1) is 19.6. The van der Waals surface area contributed by atoms with Crippen LogP contribution in [-0.4, -0.2) is 42.0 Å². The third-order valence-electron chi connectivity index (χ3n) is 5.28. The van der Waals surface area contributed by atoms with Crippen molar-refractivity contribution in [2.45, 2.75) is 19.5 Å². The normalized spacial score (nSPS) is 15.8. The quantitative estimate of drug-likeness (QED) is 0.673. The molecule has 150 valence electrons. The SMILES string of the molecule is C[C@H](NC(=O)c1csc(CN2CCN(c3ccccc3)CC2)n1)c1ccccc1. The van der Waals surface area contributed by atoms with Crippen LogP contribution in [0, 0.1) is 0 Å². The van der Waals surface area contributed by atoms with Crippen LogP contribution in [0.1, 0.15) is 34.0 Å².